The summed E-state index contributed by atoms with van der Waals surface area (Å²) in [5, 5.41) is 0. The molecule has 0 N–H and O–H groups in total. The summed E-state index contributed by atoms with van der Waals surface area (Å²) in [6.07, 6.45) is 4.85. The lowest BCUT2D eigenvalue weighted by atomic mass is 9.70. The molecular formula is C24H26N2O3. The van der Waals surface area contributed by atoms with Crippen LogP contribution in [0.15, 0.2) is 60.9 Å². The van der Waals surface area contributed by atoms with E-state index < -0.39 is 0 Å². The van der Waals surface area contributed by atoms with Crippen molar-refractivity contribution in [3.05, 3.63) is 77.7 Å². The number of rotatable bonds is 8. The Morgan fingerprint density at radius 1 is 0.862 bits per heavy atom. The van der Waals surface area contributed by atoms with Crippen LogP contribution in [0.5, 0.6) is 17.4 Å². The molecule has 0 unspecified atom stereocenters. The predicted octanol–water partition coefficient (Wildman–Crippen LogP) is 5.59. The number of Topliss-reactive ketones (excluding diaryl/α,β-unsaturated/α-hetero) is 1. The summed E-state index contributed by atoms with van der Waals surface area (Å²) in [5.41, 5.74) is 2.75. The Morgan fingerprint density at radius 3 is 1.83 bits per heavy atom. The zero-order valence-electron chi connectivity index (χ0n) is 17.3. The molecule has 0 spiro atoms. The van der Waals surface area contributed by atoms with Crippen LogP contribution < -0.4 is 9.47 Å². The fourth-order valence-corrected chi connectivity index (χ4v) is 3.66. The number of nitrogens with zero attached hydrogens (tertiary/aromatic N) is 2. The maximum atomic E-state index is 11.3. The topological polar surface area (TPSA) is 61.3 Å². The third kappa shape index (κ3) is 4.29. The summed E-state index contributed by atoms with van der Waals surface area (Å²) < 4.78 is 11.1. The summed E-state index contributed by atoms with van der Waals surface area (Å²) >= 11 is 0. The van der Waals surface area contributed by atoms with Crippen LogP contribution in [0.4, 0.5) is 0 Å². The van der Waals surface area contributed by atoms with E-state index >= 15 is 0 Å². The van der Waals surface area contributed by atoms with E-state index in [0.29, 0.717) is 17.3 Å². The second-order valence-electron chi connectivity index (χ2n) is 6.94. The maximum absolute atomic E-state index is 11.3. The predicted molar refractivity (Wildman–Crippen MR) is 113 cm³/mol. The highest BCUT2D eigenvalue weighted by Gasteiger charge is 2.30. The second kappa shape index (κ2) is 8.86. The van der Waals surface area contributed by atoms with Crippen molar-refractivity contribution in [2.45, 2.75) is 39.0 Å². The van der Waals surface area contributed by atoms with Crippen LogP contribution in [-0.2, 0) is 5.41 Å². The van der Waals surface area contributed by atoms with E-state index in [-0.39, 0.29) is 11.2 Å². The van der Waals surface area contributed by atoms with E-state index in [1.807, 2.05) is 24.3 Å². The van der Waals surface area contributed by atoms with Gasteiger partial charge in [-0.1, -0.05) is 38.1 Å². The number of ether oxygens (including phenoxy) is 2. The molecule has 0 atom stereocenters. The molecule has 150 valence electrons. The van der Waals surface area contributed by atoms with E-state index in [0.717, 1.165) is 18.6 Å². The van der Waals surface area contributed by atoms with Gasteiger partial charge in [-0.2, -0.15) is 0 Å². The molecule has 3 aromatic rings. The van der Waals surface area contributed by atoms with Gasteiger partial charge in [0, 0.05) is 12.3 Å². The third-order valence-corrected chi connectivity index (χ3v) is 5.47. The first-order valence-corrected chi connectivity index (χ1v) is 9.78. The standard InChI is InChI=1S/C24H26N2O3/c1-5-24(6-2,18-7-11-20(28-4)12-8-18)19-9-13-21(14-10-19)29-23-16-25-22(15-26-23)17(3)27/h7-16H,5-6H2,1-4H3. The smallest absolute Gasteiger partial charge is 0.237 e. The molecule has 0 aliphatic heterocycles. The molecule has 5 nitrogen and oxygen atoms in total. The molecule has 0 saturated carbocycles. The average molecular weight is 390 g/mol. The van der Waals surface area contributed by atoms with Gasteiger partial charge in [0.15, 0.2) is 5.78 Å². The van der Waals surface area contributed by atoms with Gasteiger partial charge in [0.2, 0.25) is 5.88 Å². The van der Waals surface area contributed by atoms with Gasteiger partial charge in [-0.25, -0.2) is 9.97 Å². The van der Waals surface area contributed by atoms with Gasteiger partial charge in [-0.3, -0.25) is 4.79 Å². The van der Waals surface area contributed by atoms with Crippen molar-refractivity contribution in [2.75, 3.05) is 7.11 Å². The lowest BCUT2D eigenvalue weighted by Gasteiger charge is -2.33. The van der Waals surface area contributed by atoms with Gasteiger partial charge in [0.05, 0.1) is 19.5 Å². The van der Waals surface area contributed by atoms with Crippen molar-refractivity contribution in [2.24, 2.45) is 0 Å². The van der Waals surface area contributed by atoms with Crippen LogP contribution in [0.1, 0.15) is 55.2 Å². The Hall–Kier alpha value is -3.21. The van der Waals surface area contributed by atoms with Crippen molar-refractivity contribution in [1.29, 1.82) is 0 Å². The Morgan fingerprint density at radius 2 is 1.41 bits per heavy atom. The quantitative estimate of drug-likeness (QED) is 0.470. The minimum absolute atomic E-state index is 0.0757. The molecule has 3 rings (SSSR count). The molecule has 1 aromatic heterocycles. The minimum atomic E-state index is -0.123. The van der Waals surface area contributed by atoms with Crippen molar-refractivity contribution in [1.82, 2.24) is 9.97 Å². The highest BCUT2D eigenvalue weighted by Crippen LogP contribution is 2.40. The summed E-state index contributed by atoms with van der Waals surface area (Å²) in [6, 6.07) is 16.4. The molecule has 0 radical (unpaired) electrons. The number of methoxy groups -OCH3 is 1. The lowest BCUT2D eigenvalue weighted by Crippen LogP contribution is -2.25. The van der Waals surface area contributed by atoms with Gasteiger partial charge in [0.25, 0.3) is 0 Å². The van der Waals surface area contributed by atoms with Gasteiger partial charge in [0.1, 0.15) is 17.2 Å². The molecule has 2 aromatic carbocycles. The lowest BCUT2D eigenvalue weighted by molar-refractivity contribution is 0.101. The largest absolute Gasteiger partial charge is 0.497 e. The monoisotopic (exact) mass is 390 g/mol. The highest BCUT2D eigenvalue weighted by atomic mass is 16.5. The van der Waals surface area contributed by atoms with Crippen molar-refractivity contribution < 1.29 is 14.3 Å². The minimum Gasteiger partial charge on any atom is -0.497 e. The summed E-state index contributed by atoms with van der Waals surface area (Å²) in [5.74, 6) is 1.77. The zero-order valence-corrected chi connectivity index (χ0v) is 17.3. The number of carbonyl (C=O) groups excluding carboxylic acids is 1. The Balaban J connectivity index is 1.84. The van der Waals surface area contributed by atoms with Crippen molar-refractivity contribution >= 4 is 5.78 Å². The van der Waals surface area contributed by atoms with Crippen molar-refractivity contribution in [3.8, 4) is 17.4 Å². The fourth-order valence-electron chi connectivity index (χ4n) is 3.66. The molecule has 0 saturated heterocycles. The van der Waals surface area contributed by atoms with Crippen LogP contribution in [0, 0.1) is 0 Å². The van der Waals surface area contributed by atoms with E-state index in [2.05, 4.69) is 48.1 Å². The van der Waals surface area contributed by atoms with Crippen LogP contribution in [-0.4, -0.2) is 22.9 Å². The first kappa shape index (κ1) is 20.5. The first-order valence-electron chi connectivity index (χ1n) is 9.78. The highest BCUT2D eigenvalue weighted by molar-refractivity contribution is 5.91. The van der Waals surface area contributed by atoms with Gasteiger partial charge in [-0.15, -0.1) is 0 Å². The molecule has 0 aliphatic carbocycles. The third-order valence-electron chi connectivity index (χ3n) is 5.47. The van der Waals surface area contributed by atoms with Crippen LogP contribution in [0.3, 0.4) is 0 Å². The normalized spacial score (nSPS) is 11.2. The fraction of sp³-hybridized carbons (Fsp3) is 0.292. The van der Waals surface area contributed by atoms with Gasteiger partial charge in [-0.05, 0) is 48.2 Å². The van der Waals surface area contributed by atoms with E-state index in [4.69, 9.17) is 9.47 Å². The molecule has 0 aliphatic rings. The Kier molecular flexibility index (Phi) is 6.27. The zero-order chi connectivity index (χ0) is 20.9. The molecule has 29 heavy (non-hydrogen) atoms. The average Bonchev–Trinajstić information content (AvgIpc) is 2.77. The summed E-state index contributed by atoms with van der Waals surface area (Å²) in [4.78, 5) is 19.5. The molecule has 0 amide bonds. The van der Waals surface area contributed by atoms with E-state index in [1.54, 1.807) is 7.11 Å². The SMILES string of the molecule is CCC(CC)(c1ccc(OC)cc1)c1ccc(Oc2cnc(C(C)=O)cn2)cc1. The van der Waals surface area contributed by atoms with Crippen LogP contribution in [0.2, 0.25) is 0 Å². The van der Waals surface area contributed by atoms with Crippen molar-refractivity contribution in [3.63, 3.8) is 0 Å². The second-order valence-corrected chi connectivity index (χ2v) is 6.94. The number of hydrogen-bond acceptors (Lipinski definition) is 5. The molecule has 5 heteroatoms. The number of ketones is 1. The van der Waals surface area contributed by atoms with E-state index in [1.165, 1.54) is 30.4 Å². The molecule has 0 bridgehead atoms. The Bertz CT molecular complexity index is 945. The van der Waals surface area contributed by atoms with Gasteiger partial charge >= 0.3 is 0 Å². The summed E-state index contributed by atoms with van der Waals surface area (Å²) in [6.45, 7) is 5.88. The van der Waals surface area contributed by atoms with E-state index in [9.17, 15) is 4.79 Å². The van der Waals surface area contributed by atoms with Gasteiger partial charge < -0.3 is 9.47 Å². The first-order chi connectivity index (χ1) is 14.0. The number of hydrogen-bond donors (Lipinski definition) is 0. The number of benzene rings is 2. The molecule has 0 fully saturated rings. The number of carbonyl (C=O) groups is 1. The van der Waals surface area contributed by atoms with Crippen LogP contribution in [0.25, 0.3) is 0 Å². The maximum Gasteiger partial charge on any atom is 0.237 e. The molecular weight excluding hydrogens is 364 g/mol. The summed E-state index contributed by atoms with van der Waals surface area (Å²) in [7, 11) is 1.68. The van der Waals surface area contributed by atoms with Crippen LogP contribution >= 0.6 is 0 Å². The molecule has 1 heterocycles. The Labute approximate surface area is 171 Å². The number of aromatic nitrogens is 2.